The van der Waals surface area contributed by atoms with Crippen LogP contribution in [0.2, 0.25) is 0 Å². The second kappa shape index (κ2) is 6.79. The van der Waals surface area contributed by atoms with Crippen LogP contribution < -0.4 is 15.8 Å². The molecule has 0 aliphatic carbocycles. The van der Waals surface area contributed by atoms with Gasteiger partial charge >= 0.3 is 0 Å². The average molecular weight is 284 g/mol. The van der Waals surface area contributed by atoms with Gasteiger partial charge in [-0.05, 0) is 43.2 Å². The van der Waals surface area contributed by atoms with Gasteiger partial charge in [0.1, 0.15) is 5.75 Å². The maximum atomic E-state index is 12.3. The molecule has 0 radical (unpaired) electrons. The predicted molar refractivity (Wildman–Crippen MR) is 85.8 cm³/mol. The summed E-state index contributed by atoms with van der Waals surface area (Å²) in [7, 11) is 0. The van der Waals surface area contributed by atoms with Crippen LogP contribution >= 0.6 is 0 Å². The largest absolute Gasteiger partial charge is 0.492 e. The zero-order valence-corrected chi connectivity index (χ0v) is 12.3. The van der Waals surface area contributed by atoms with Gasteiger partial charge in [-0.3, -0.25) is 4.79 Å². The van der Waals surface area contributed by atoms with Gasteiger partial charge in [0.25, 0.3) is 5.91 Å². The third kappa shape index (κ3) is 3.75. The van der Waals surface area contributed by atoms with Crippen LogP contribution in [0.3, 0.4) is 0 Å². The first-order valence-corrected chi connectivity index (χ1v) is 7.06. The van der Waals surface area contributed by atoms with Gasteiger partial charge in [-0.2, -0.15) is 0 Å². The fourth-order valence-electron chi connectivity index (χ4n) is 2.00. The van der Waals surface area contributed by atoms with E-state index in [4.69, 9.17) is 10.5 Å². The molecule has 0 unspecified atom stereocenters. The number of rotatable bonds is 5. The Morgan fingerprint density at radius 3 is 2.48 bits per heavy atom. The van der Waals surface area contributed by atoms with Crippen molar-refractivity contribution in [2.24, 2.45) is 0 Å². The number of ether oxygens (including phenoxy) is 1. The number of nitrogens with two attached hydrogens (primary N) is 1. The lowest BCUT2D eigenvalue weighted by atomic mass is 10.1. The van der Waals surface area contributed by atoms with Crippen molar-refractivity contribution in [1.82, 2.24) is 0 Å². The minimum atomic E-state index is -0.164. The molecule has 2 aromatic carbocycles. The number of nitrogens with one attached hydrogen (secondary N) is 1. The summed E-state index contributed by atoms with van der Waals surface area (Å²) >= 11 is 0. The molecule has 4 nitrogen and oxygen atoms in total. The van der Waals surface area contributed by atoms with E-state index in [0.29, 0.717) is 29.3 Å². The van der Waals surface area contributed by atoms with E-state index in [-0.39, 0.29) is 5.91 Å². The maximum absolute atomic E-state index is 12.3. The lowest BCUT2D eigenvalue weighted by Crippen LogP contribution is -2.13. The Morgan fingerprint density at radius 1 is 1.14 bits per heavy atom. The lowest BCUT2D eigenvalue weighted by Gasteiger charge is -2.12. The molecule has 0 spiro atoms. The Kier molecular flexibility index (Phi) is 4.82. The van der Waals surface area contributed by atoms with E-state index < -0.39 is 0 Å². The summed E-state index contributed by atoms with van der Waals surface area (Å²) in [5, 5.41) is 2.86. The van der Waals surface area contributed by atoms with E-state index in [9.17, 15) is 4.79 Å². The standard InChI is InChI=1S/C17H20N2O2/c1-3-12-5-7-13(8-6-12)17(20)19-15-10-9-14(18)11-16(15)21-4-2/h5-11H,3-4,18H2,1-2H3,(H,19,20). The van der Waals surface area contributed by atoms with Crippen LogP contribution in [0.15, 0.2) is 42.5 Å². The Labute approximate surface area is 124 Å². The summed E-state index contributed by atoms with van der Waals surface area (Å²) < 4.78 is 5.50. The summed E-state index contributed by atoms with van der Waals surface area (Å²) in [5.74, 6) is 0.416. The van der Waals surface area contributed by atoms with Crippen LogP contribution in [-0.2, 0) is 6.42 Å². The number of carbonyl (C=O) groups is 1. The molecule has 0 bridgehead atoms. The van der Waals surface area contributed by atoms with Crippen LogP contribution in [-0.4, -0.2) is 12.5 Å². The number of amides is 1. The van der Waals surface area contributed by atoms with Crippen LogP contribution in [0.5, 0.6) is 5.75 Å². The molecule has 1 amide bonds. The number of hydrogen-bond donors (Lipinski definition) is 2. The van der Waals surface area contributed by atoms with E-state index in [2.05, 4.69) is 12.2 Å². The third-order valence-corrected chi connectivity index (χ3v) is 3.18. The minimum Gasteiger partial charge on any atom is -0.492 e. The third-order valence-electron chi connectivity index (χ3n) is 3.18. The van der Waals surface area contributed by atoms with Crippen molar-refractivity contribution in [2.45, 2.75) is 20.3 Å². The molecule has 21 heavy (non-hydrogen) atoms. The monoisotopic (exact) mass is 284 g/mol. The van der Waals surface area contributed by atoms with E-state index in [1.165, 1.54) is 5.56 Å². The van der Waals surface area contributed by atoms with Crippen LogP contribution in [0.1, 0.15) is 29.8 Å². The fourth-order valence-corrected chi connectivity index (χ4v) is 2.00. The summed E-state index contributed by atoms with van der Waals surface area (Å²) in [5.41, 5.74) is 8.78. The first-order valence-electron chi connectivity index (χ1n) is 7.06. The van der Waals surface area contributed by atoms with E-state index in [0.717, 1.165) is 6.42 Å². The Hall–Kier alpha value is -2.49. The smallest absolute Gasteiger partial charge is 0.255 e. The summed E-state index contributed by atoms with van der Waals surface area (Å²) in [6.07, 6.45) is 0.953. The van der Waals surface area contributed by atoms with Gasteiger partial charge in [0, 0.05) is 17.3 Å². The molecule has 0 aromatic heterocycles. The second-order valence-electron chi connectivity index (χ2n) is 4.69. The molecule has 2 rings (SSSR count). The van der Waals surface area contributed by atoms with Gasteiger partial charge in [-0.1, -0.05) is 19.1 Å². The highest BCUT2D eigenvalue weighted by atomic mass is 16.5. The number of nitrogen functional groups attached to an aromatic ring is 1. The lowest BCUT2D eigenvalue weighted by molar-refractivity contribution is 0.102. The number of carbonyl (C=O) groups excluding carboxylic acids is 1. The van der Waals surface area contributed by atoms with Crippen molar-refractivity contribution in [2.75, 3.05) is 17.7 Å². The molecule has 110 valence electrons. The van der Waals surface area contributed by atoms with Crippen molar-refractivity contribution in [3.8, 4) is 5.75 Å². The van der Waals surface area contributed by atoms with E-state index in [1.54, 1.807) is 18.2 Å². The molecule has 0 aliphatic heterocycles. The highest BCUT2D eigenvalue weighted by molar-refractivity contribution is 6.05. The van der Waals surface area contributed by atoms with Gasteiger partial charge in [-0.25, -0.2) is 0 Å². The summed E-state index contributed by atoms with van der Waals surface area (Å²) in [4.78, 5) is 12.3. The van der Waals surface area contributed by atoms with Gasteiger partial charge in [0.05, 0.1) is 12.3 Å². The predicted octanol–water partition coefficient (Wildman–Crippen LogP) is 3.48. The maximum Gasteiger partial charge on any atom is 0.255 e. The minimum absolute atomic E-state index is 0.164. The quantitative estimate of drug-likeness (QED) is 0.826. The first kappa shape index (κ1) is 14.9. The van der Waals surface area contributed by atoms with Gasteiger partial charge in [0.2, 0.25) is 0 Å². The Morgan fingerprint density at radius 2 is 1.86 bits per heavy atom. The molecule has 0 fully saturated rings. The average Bonchev–Trinajstić information content (AvgIpc) is 2.50. The molecular formula is C17H20N2O2. The molecule has 0 saturated carbocycles. The molecule has 0 saturated heterocycles. The number of benzene rings is 2. The van der Waals surface area contributed by atoms with E-state index in [1.807, 2.05) is 31.2 Å². The zero-order chi connectivity index (χ0) is 15.2. The van der Waals surface area contributed by atoms with Crippen molar-refractivity contribution in [3.05, 3.63) is 53.6 Å². The molecule has 3 N–H and O–H groups in total. The highest BCUT2D eigenvalue weighted by Gasteiger charge is 2.10. The second-order valence-corrected chi connectivity index (χ2v) is 4.69. The molecule has 0 heterocycles. The van der Waals surface area contributed by atoms with Crippen molar-refractivity contribution in [3.63, 3.8) is 0 Å². The molecule has 0 atom stereocenters. The highest BCUT2D eigenvalue weighted by Crippen LogP contribution is 2.27. The van der Waals surface area contributed by atoms with Crippen molar-refractivity contribution < 1.29 is 9.53 Å². The normalized spacial score (nSPS) is 10.2. The molecule has 4 heteroatoms. The Bertz CT molecular complexity index is 621. The summed E-state index contributed by atoms with van der Waals surface area (Å²) in [6, 6.07) is 12.8. The fraction of sp³-hybridized carbons (Fsp3) is 0.235. The topological polar surface area (TPSA) is 64.3 Å². The van der Waals surface area contributed by atoms with Crippen LogP contribution in [0, 0.1) is 0 Å². The molecular weight excluding hydrogens is 264 g/mol. The molecule has 0 aliphatic rings. The van der Waals surface area contributed by atoms with Gasteiger partial charge in [0.15, 0.2) is 0 Å². The Balaban J connectivity index is 2.18. The summed E-state index contributed by atoms with van der Waals surface area (Å²) in [6.45, 7) is 4.48. The van der Waals surface area contributed by atoms with Crippen molar-refractivity contribution in [1.29, 1.82) is 0 Å². The van der Waals surface area contributed by atoms with E-state index >= 15 is 0 Å². The van der Waals surface area contributed by atoms with Crippen LogP contribution in [0.25, 0.3) is 0 Å². The number of anilines is 2. The number of aryl methyl sites for hydroxylation is 1. The van der Waals surface area contributed by atoms with Gasteiger partial charge < -0.3 is 15.8 Å². The van der Waals surface area contributed by atoms with Crippen molar-refractivity contribution >= 4 is 17.3 Å². The van der Waals surface area contributed by atoms with Gasteiger partial charge in [-0.15, -0.1) is 0 Å². The SMILES string of the molecule is CCOc1cc(N)ccc1NC(=O)c1ccc(CC)cc1. The van der Waals surface area contributed by atoms with Crippen LogP contribution in [0.4, 0.5) is 11.4 Å². The first-order chi connectivity index (χ1) is 10.1. The zero-order valence-electron chi connectivity index (χ0n) is 12.3. The number of hydrogen-bond acceptors (Lipinski definition) is 3. The molecule has 2 aromatic rings.